The number of imidazole rings is 1. The van der Waals surface area contributed by atoms with Crippen molar-refractivity contribution in [2.24, 2.45) is 0 Å². The number of carboxylic acid groups (broad SMARTS) is 1. The number of hydrogen-bond acceptors (Lipinski definition) is 3. The zero-order valence-electron chi connectivity index (χ0n) is 14.6. The van der Waals surface area contributed by atoms with Crippen molar-refractivity contribution in [3.63, 3.8) is 0 Å². The first kappa shape index (κ1) is 22.5. The van der Waals surface area contributed by atoms with Crippen LogP contribution in [0.1, 0.15) is 11.4 Å². The average molecular weight is 558 g/mol. The molecule has 3 aromatic rings. The molecular formula is C18H11Br2F5N2O3. The number of H-pyrrole nitrogens is 1. The highest BCUT2D eigenvalue weighted by atomic mass is 79.9. The van der Waals surface area contributed by atoms with Crippen LogP contribution in [0.3, 0.4) is 0 Å². The topological polar surface area (TPSA) is 75.2 Å². The van der Waals surface area contributed by atoms with Crippen LogP contribution in [0.15, 0.2) is 39.3 Å². The number of benzene rings is 2. The SMILES string of the molecule is O=C(O)C(F)Cc1cc(Br)c(Oc2ccc3[nH]c(C(F)(F)C(F)F)nc3c2)c(Br)c1. The van der Waals surface area contributed by atoms with Crippen LogP contribution < -0.4 is 4.74 Å². The Kier molecular flexibility index (Phi) is 6.37. The van der Waals surface area contributed by atoms with Gasteiger partial charge in [-0.25, -0.2) is 22.9 Å². The number of hydrogen-bond donors (Lipinski definition) is 2. The minimum Gasteiger partial charge on any atom is -0.479 e. The molecule has 1 unspecified atom stereocenters. The van der Waals surface area contributed by atoms with Crippen molar-refractivity contribution in [1.82, 2.24) is 9.97 Å². The third-order valence-corrected chi connectivity index (χ3v) is 5.18. The molecule has 0 aliphatic rings. The molecule has 1 heterocycles. The second-order valence-corrected chi connectivity index (χ2v) is 7.90. The predicted octanol–water partition coefficient (Wildman–Crippen LogP) is 6.20. The van der Waals surface area contributed by atoms with Crippen molar-refractivity contribution < 1.29 is 36.6 Å². The lowest BCUT2D eigenvalue weighted by molar-refractivity contribution is -0.142. The molecule has 0 amide bonds. The number of aliphatic carboxylic acids is 1. The minimum atomic E-state index is -4.42. The van der Waals surface area contributed by atoms with Gasteiger partial charge in [-0.15, -0.1) is 0 Å². The van der Waals surface area contributed by atoms with E-state index in [1.165, 1.54) is 30.3 Å². The summed E-state index contributed by atoms with van der Waals surface area (Å²) in [6.07, 6.45) is -6.34. The fraction of sp³-hybridized carbons (Fsp3) is 0.222. The molecule has 5 nitrogen and oxygen atoms in total. The highest BCUT2D eigenvalue weighted by Crippen LogP contribution is 2.39. The zero-order valence-corrected chi connectivity index (χ0v) is 17.8. The second-order valence-electron chi connectivity index (χ2n) is 6.19. The van der Waals surface area contributed by atoms with Gasteiger partial charge in [0.05, 0.1) is 20.0 Å². The largest absolute Gasteiger partial charge is 0.479 e. The fourth-order valence-corrected chi connectivity index (χ4v) is 3.99. The molecule has 2 aromatic carbocycles. The number of carbonyl (C=O) groups is 1. The standard InChI is InChI=1S/C18H11Br2F5N2O3/c19-9-3-7(5-11(21)15(28)29)4-10(20)14(9)30-8-1-2-12-13(6-8)27-17(26-12)18(24,25)16(22)23/h1-4,6,11,16H,5H2,(H,26,27)(H,28,29). The summed E-state index contributed by atoms with van der Waals surface area (Å²) in [5, 5.41) is 8.68. The average Bonchev–Trinajstić information content (AvgIpc) is 3.08. The number of carboxylic acids is 1. The van der Waals surface area contributed by atoms with E-state index in [2.05, 4.69) is 41.8 Å². The first-order valence-corrected chi connectivity index (χ1v) is 9.76. The van der Waals surface area contributed by atoms with Crippen molar-refractivity contribution in [2.75, 3.05) is 0 Å². The van der Waals surface area contributed by atoms with Crippen LogP contribution in [0.4, 0.5) is 22.0 Å². The summed E-state index contributed by atoms with van der Waals surface area (Å²) in [6.45, 7) is 0. The Morgan fingerprint density at radius 3 is 2.37 bits per heavy atom. The Labute approximate surface area is 182 Å². The maximum absolute atomic E-state index is 13.5. The summed E-state index contributed by atoms with van der Waals surface area (Å²) >= 11 is 6.50. The number of rotatable bonds is 7. The number of ether oxygens (including phenoxy) is 1. The minimum absolute atomic E-state index is 0.00609. The molecule has 0 bridgehead atoms. The van der Waals surface area contributed by atoms with Gasteiger partial charge in [0.1, 0.15) is 5.75 Å². The Morgan fingerprint density at radius 2 is 1.80 bits per heavy atom. The van der Waals surface area contributed by atoms with E-state index in [1.54, 1.807) is 0 Å². The van der Waals surface area contributed by atoms with E-state index < -0.39 is 30.3 Å². The quantitative estimate of drug-likeness (QED) is 0.339. The summed E-state index contributed by atoms with van der Waals surface area (Å²) in [7, 11) is 0. The van der Waals surface area contributed by atoms with Crippen LogP contribution in [0.2, 0.25) is 0 Å². The van der Waals surface area contributed by atoms with Gasteiger partial charge in [-0.2, -0.15) is 8.78 Å². The zero-order chi connectivity index (χ0) is 22.2. The molecule has 0 spiro atoms. The Balaban J connectivity index is 1.88. The molecule has 0 saturated heterocycles. The van der Waals surface area contributed by atoms with E-state index in [9.17, 15) is 26.7 Å². The van der Waals surface area contributed by atoms with E-state index in [-0.39, 0.29) is 29.0 Å². The number of aromatic nitrogens is 2. The lowest BCUT2D eigenvalue weighted by Gasteiger charge is -2.12. The monoisotopic (exact) mass is 556 g/mol. The van der Waals surface area contributed by atoms with Crippen molar-refractivity contribution in [3.8, 4) is 11.5 Å². The third kappa shape index (κ3) is 4.59. The fourth-order valence-electron chi connectivity index (χ4n) is 2.55. The van der Waals surface area contributed by atoms with Crippen LogP contribution in [-0.2, 0) is 17.1 Å². The van der Waals surface area contributed by atoms with Gasteiger partial charge in [0.25, 0.3) is 0 Å². The molecule has 0 radical (unpaired) electrons. The molecule has 30 heavy (non-hydrogen) atoms. The van der Waals surface area contributed by atoms with Gasteiger partial charge in [-0.1, -0.05) is 0 Å². The lowest BCUT2D eigenvalue weighted by Crippen LogP contribution is -2.25. The van der Waals surface area contributed by atoms with Gasteiger partial charge < -0.3 is 14.8 Å². The number of fused-ring (bicyclic) bond motifs is 1. The van der Waals surface area contributed by atoms with E-state index >= 15 is 0 Å². The van der Waals surface area contributed by atoms with Crippen molar-refractivity contribution in [3.05, 3.63) is 50.7 Å². The molecule has 3 rings (SSSR count). The van der Waals surface area contributed by atoms with Crippen LogP contribution in [0.25, 0.3) is 11.0 Å². The van der Waals surface area contributed by atoms with Gasteiger partial charge in [-0.05, 0) is 61.7 Å². The number of halogens is 7. The van der Waals surface area contributed by atoms with Crippen molar-refractivity contribution >= 4 is 48.9 Å². The van der Waals surface area contributed by atoms with E-state index in [4.69, 9.17) is 9.84 Å². The van der Waals surface area contributed by atoms with E-state index in [0.717, 1.165) is 0 Å². The highest BCUT2D eigenvalue weighted by molar-refractivity contribution is 9.11. The molecule has 1 aromatic heterocycles. The summed E-state index contributed by atoms with van der Waals surface area (Å²) in [6, 6.07) is 7.00. The normalized spacial score (nSPS) is 13.1. The smallest absolute Gasteiger partial charge is 0.363 e. The maximum atomic E-state index is 13.5. The third-order valence-electron chi connectivity index (χ3n) is 4.01. The Morgan fingerprint density at radius 1 is 1.17 bits per heavy atom. The number of nitrogens with one attached hydrogen (secondary N) is 1. The molecule has 12 heteroatoms. The Bertz CT molecular complexity index is 1080. The number of aromatic amines is 1. The Hall–Kier alpha value is -2.21. The highest BCUT2D eigenvalue weighted by Gasteiger charge is 2.45. The number of alkyl halides is 5. The van der Waals surface area contributed by atoms with Gasteiger partial charge in [0, 0.05) is 12.5 Å². The van der Waals surface area contributed by atoms with Crippen LogP contribution in [-0.4, -0.2) is 33.6 Å². The molecule has 0 aliphatic carbocycles. The lowest BCUT2D eigenvalue weighted by atomic mass is 10.1. The van der Waals surface area contributed by atoms with Gasteiger partial charge in [-0.3, -0.25) is 0 Å². The number of nitrogens with zero attached hydrogens (tertiary/aromatic N) is 1. The summed E-state index contributed by atoms with van der Waals surface area (Å²) < 4.78 is 72.0. The van der Waals surface area contributed by atoms with Crippen molar-refractivity contribution in [2.45, 2.75) is 24.9 Å². The molecule has 0 fully saturated rings. The van der Waals surface area contributed by atoms with Gasteiger partial charge in [0.2, 0.25) is 6.17 Å². The summed E-state index contributed by atoms with van der Waals surface area (Å²) in [4.78, 5) is 16.4. The molecular weight excluding hydrogens is 547 g/mol. The summed E-state index contributed by atoms with van der Waals surface area (Å²) in [5.41, 5.74) is 0.500. The van der Waals surface area contributed by atoms with Crippen LogP contribution in [0.5, 0.6) is 11.5 Å². The first-order valence-electron chi connectivity index (χ1n) is 8.18. The molecule has 0 saturated carbocycles. The first-order chi connectivity index (χ1) is 14.0. The maximum Gasteiger partial charge on any atom is 0.363 e. The molecule has 2 N–H and O–H groups in total. The van der Waals surface area contributed by atoms with Crippen LogP contribution >= 0.6 is 31.9 Å². The van der Waals surface area contributed by atoms with Crippen LogP contribution in [0, 0.1) is 0 Å². The van der Waals surface area contributed by atoms with Crippen molar-refractivity contribution in [1.29, 1.82) is 0 Å². The molecule has 1 atom stereocenters. The molecule has 160 valence electrons. The second kappa shape index (κ2) is 8.50. The summed E-state index contributed by atoms with van der Waals surface area (Å²) in [5.74, 6) is -6.74. The van der Waals surface area contributed by atoms with E-state index in [1.807, 2.05) is 0 Å². The van der Waals surface area contributed by atoms with Gasteiger partial charge >= 0.3 is 18.3 Å². The van der Waals surface area contributed by atoms with E-state index in [0.29, 0.717) is 14.5 Å². The van der Waals surface area contributed by atoms with Gasteiger partial charge in [0.15, 0.2) is 11.6 Å². The predicted molar refractivity (Wildman–Crippen MR) is 104 cm³/mol. The molecule has 0 aliphatic heterocycles.